The molecule has 0 aromatic carbocycles. The van der Waals surface area contributed by atoms with E-state index < -0.39 is 0 Å². The van der Waals surface area contributed by atoms with Crippen molar-refractivity contribution in [3.63, 3.8) is 0 Å². The van der Waals surface area contributed by atoms with Crippen LogP contribution in [0.5, 0.6) is 0 Å². The predicted octanol–water partition coefficient (Wildman–Crippen LogP) is 8.11. The number of fused-ring (bicyclic) bond motifs is 7. The summed E-state index contributed by atoms with van der Waals surface area (Å²) in [4.78, 5) is 0. The number of hydrogen-bond donors (Lipinski definition) is 1. The molecular formula is C30H52O. The van der Waals surface area contributed by atoms with Crippen LogP contribution >= 0.6 is 0 Å². The summed E-state index contributed by atoms with van der Waals surface area (Å²) in [6.07, 6.45) is 16.0. The minimum absolute atomic E-state index is 0.383. The second kappa shape index (κ2) is 6.99. The number of aliphatic hydroxyl groups excluding tert-OH is 1. The Kier molecular flexibility index (Phi) is 5.13. The van der Waals surface area contributed by atoms with Crippen LogP contribution < -0.4 is 0 Å². The Labute approximate surface area is 193 Å². The topological polar surface area (TPSA) is 20.2 Å². The number of rotatable bonds is 2. The number of hydrogen-bond acceptors (Lipinski definition) is 1. The highest BCUT2D eigenvalue weighted by Crippen LogP contribution is 2.78. The van der Waals surface area contributed by atoms with Crippen LogP contribution in [0.2, 0.25) is 0 Å². The summed E-state index contributed by atoms with van der Waals surface area (Å²) in [6, 6.07) is 0. The van der Waals surface area contributed by atoms with E-state index in [1.54, 1.807) is 0 Å². The maximum absolute atomic E-state index is 9.93. The summed E-state index contributed by atoms with van der Waals surface area (Å²) in [5.41, 5.74) is 2.63. The van der Waals surface area contributed by atoms with Crippen LogP contribution in [-0.4, -0.2) is 11.7 Å². The minimum atomic E-state index is 0.383. The first-order valence-corrected chi connectivity index (χ1v) is 14.0. The normalized spacial score (nSPS) is 56.7. The van der Waals surface area contributed by atoms with Crippen LogP contribution in [0.15, 0.2) is 0 Å². The Morgan fingerprint density at radius 1 is 0.677 bits per heavy atom. The highest BCUT2D eigenvalue weighted by Gasteiger charge is 2.70. The van der Waals surface area contributed by atoms with Gasteiger partial charge in [-0.3, -0.25) is 0 Å². The molecule has 5 fully saturated rings. The van der Waals surface area contributed by atoms with Gasteiger partial charge in [-0.2, -0.15) is 0 Å². The van der Waals surface area contributed by atoms with Crippen LogP contribution in [0.25, 0.3) is 0 Å². The third kappa shape index (κ3) is 2.77. The van der Waals surface area contributed by atoms with Crippen LogP contribution in [0.1, 0.15) is 119 Å². The van der Waals surface area contributed by atoms with Crippen molar-refractivity contribution in [3.05, 3.63) is 0 Å². The first kappa shape index (κ1) is 22.7. The van der Waals surface area contributed by atoms with Gasteiger partial charge in [0, 0.05) is 6.61 Å². The summed E-state index contributed by atoms with van der Waals surface area (Å²) >= 11 is 0. The lowest BCUT2D eigenvalue weighted by atomic mass is 9.32. The Morgan fingerprint density at radius 3 is 1.94 bits per heavy atom. The van der Waals surface area contributed by atoms with Crippen molar-refractivity contribution < 1.29 is 5.11 Å². The van der Waals surface area contributed by atoms with Crippen molar-refractivity contribution in [2.75, 3.05) is 6.61 Å². The maximum Gasteiger partial charge on any atom is 0.0459 e. The van der Waals surface area contributed by atoms with E-state index in [-0.39, 0.29) is 0 Å². The zero-order valence-corrected chi connectivity index (χ0v) is 21.9. The van der Waals surface area contributed by atoms with E-state index in [0.717, 1.165) is 29.6 Å². The molecule has 5 saturated carbocycles. The Morgan fingerprint density at radius 2 is 1.29 bits per heavy atom. The van der Waals surface area contributed by atoms with Crippen molar-refractivity contribution in [2.24, 2.45) is 62.6 Å². The van der Waals surface area contributed by atoms with Gasteiger partial charge in [0.05, 0.1) is 0 Å². The molecule has 1 nitrogen and oxygen atoms in total. The predicted molar refractivity (Wildman–Crippen MR) is 131 cm³/mol. The summed E-state index contributed by atoms with van der Waals surface area (Å²) < 4.78 is 0. The van der Waals surface area contributed by atoms with E-state index >= 15 is 0 Å². The molecule has 0 unspecified atom stereocenters. The lowest BCUT2D eigenvalue weighted by molar-refractivity contribution is -0.241. The highest BCUT2D eigenvalue weighted by molar-refractivity contribution is 5.19. The van der Waals surface area contributed by atoms with Gasteiger partial charge in [-0.1, -0.05) is 54.9 Å². The Hall–Kier alpha value is -0.0400. The van der Waals surface area contributed by atoms with Gasteiger partial charge in [-0.05, 0) is 127 Å². The van der Waals surface area contributed by atoms with E-state index in [1.807, 2.05) is 0 Å². The second-order valence-electron chi connectivity index (χ2n) is 15.0. The van der Waals surface area contributed by atoms with Crippen LogP contribution in [-0.2, 0) is 0 Å². The molecule has 178 valence electrons. The molecule has 0 spiro atoms. The molecular weight excluding hydrogens is 376 g/mol. The summed E-state index contributed by atoms with van der Waals surface area (Å²) in [6.45, 7) is 18.9. The molecule has 0 aliphatic heterocycles. The van der Waals surface area contributed by atoms with Crippen molar-refractivity contribution >= 4 is 0 Å². The molecule has 0 aromatic rings. The first-order valence-electron chi connectivity index (χ1n) is 14.0. The molecule has 1 heteroatoms. The number of aliphatic hydroxyl groups is 1. The fourth-order valence-electron chi connectivity index (χ4n) is 12.2. The monoisotopic (exact) mass is 428 g/mol. The average Bonchev–Trinajstić information content (AvgIpc) is 3.04. The van der Waals surface area contributed by atoms with Gasteiger partial charge < -0.3 is 5.11 Å². The minimum Gasteiger partial charge on any atom is -0.396 e. The standard InChI is InChI=1S/C30H52O/c1-20(19-31)21-11-16-27(4)22(21)12-17-29(6)24(27)9-10-25-28(5)15-8-14-26(2,3)23(28)13-18-30(25,29)7/h20-25,31H,8-19H2,1-7H3/t20-,21+,22-,23+,24-,25+,27-,28-,29+,30+/m0/s1. The maximum atomic E-state index is 9.93. The zero-order chi connectivity index (χ0) is 22.4. The molecule has 1 N–H and O–H groups in total. The van der Waals surface area contributed by atoms with Gasteiger partial charge in [-0.25, -0.2) is 0 Å². The van der Waals surface area contributed by atoms with E-state index in [0.29, 0.717) is 39.6 Å². The molecule has 0 aromatic heterocycles. The first-order chi connectivity index (χ1) is 14.4. The molecule has 0 saturated heterocycles. The van der Waals surface area contributed by atoms with Gasteiger partial charge in [0.1, 0.15) is 0 Å². The zero-order valence-electron chi connectivity index (χ0n) is 21.9. The van der Waals surface area contributed by atoms with Gasteiger partial charge in [0.2, 0.25) is 0 Å². The van der Waals surface area contributed by atoms with Gasteiger partial charge in [0.25, 0.3) is 0 Å². The molecule has 0 heterocycles. The quantitative estimate of drug-likeness (QED) is 0.471. The van der Waals surface area contributed by atoms with E-state index in [4.69, 9.17) is 0 Å². The lowest BCUT2D eigenvalue weighted by Gasteiger charge is -2.73. The SMILES string of the molecule is C[C@@H](CO)[C@H]1CC[C@@]2(C)[C@H]1CC[C@]1(C)[C@H]2CC[C@@H]2[C@@]3(C)CCCC(C)(C)[C@H]3CC[C@]21C. The van der Waals surface area contributed by atoms with E-state index in [9.17, 15) is 5.11 Å². The summed E-state index contributed by atoms with van der Waals surface area (Å²) in [5.74, 6) is 4.86. The van der Waals surface area contributed by atoms with Crippen LogP contribution in [0.3, 0.4) is 0 Å². The third-order valence-electron chi connectivity index (χ3n) is 13.8. The molecule has 0 bridgehead atoms. The van der Waals surface area contributed by atoms with Gasteiger partial charge >= 0.3 is 0 Å². The average molecular weight is 429 g/mol. The third-order valence-corrected chi connectivity index (χ3v) is 13.8. The van der Waals surface area contributed by atoms with E-state index in [2.05, 4.69) is 48.5 Å². The fraction of sp³-hybridized carbons (Fsp3) is 1.00. The molecule has 0 radical (unpaired) electrons. The van der Waals surface area contributed by atoms with Crippen LogP contribution in [0.4, 0.5) is 0 Å². The second-order valence-corrected chi connectivity index (χ2v) is 15.0. The molecule has 5 rings (SSSR count). The molecule has 10 atom stereocenters. The lowest BCUT2D eigenvalue weighted by Crippen LogP contribution is -2.65. The van der Waals surface area contributed by atoms with Crippen molar-refractivity contribution in [1.82, 2.24) is 0 Å². The van der Waals surface area contributed by atoms with Crippen molar-refractivity contribution in [3.8, 4) is 0 Å². The molecule has 5 aliphatic carbocycles. The smallest absolute Gasteiger partial charge is 0.0459 e. The Bertz CT molecular complexity index is 711. The van der Waals surface area contributed by atoms with Crippen molar-refractivity contribution in [2.45, 2.75) is 119 Å². The molecule has 0 amide bonds. The summed E-state index contributed by atoms with van der Waals surface area (Å²) in [7, 11) is 0. The van der Waals surface area contributed by atoms with Crippen LogP contribution in [0, 0.1) is 62.6 Å². The Balaban J connectivity index is 1.50. The fourth-order valence-corrected chi connectivity index (χ4v) is 12.2. The largest absolute Gasteiger partial charge is 0.396 e. The van der Waals surface area contributed by atoms with Crippen molar-refractivity contribution in [1.29, 1.82) is 0 Å². The molecule has 31 heavy (non-hydrogen) atoms. The highest BCUT2D eigenvalue weighted by atomic mass is 16.3. The summed E-state index contributed by atoms with van der Waals surface area (Å²) in [5, 5.41) is 9.93. The van der Waals surface area contributed by atoms with Gasteiger partial charge in [0.15, 0.2) is 0 Å². The van der Waals surface area contributed by atoms with E-state index in [1.165, 1.54) is 70.6 Å². The molecule has 5 aliphatic rings. The van der Waals surface area contributed by atoms with Gasteiger partial charge in [-0.15, -0.1) is 0 Å².